The van der Waals surface area contributed by atoms with E-state index in [0.717, 1.165) is 37.8 Å². The van der Waals surface area contributed by atoms with Gasteiger partial charge in [-0.3, -0.25) is 4.79 Å². The summed E-state index contributed by atoms with van der Waals surface area (Å²) in [6.45, 7) is 3.10. The van der Waals surface area contributed by atoms with E-state index in [2.05, 4.69) is 11.8 Å². The number of nitrogens with zero attached hydrogens (tertiary/aromatic N) is 1. The van der Waals surface area contributed by atoms with Crippen molar-refractivity contribution in [2.75, 3.05) is 6.54 Å². The predicted molar refractivity (Wildman–Crippen MR) is 82.2 cm³/mol. The summed E-state index contributed by atoms with van der Waals surface area (Å²) in [5.74, 6) is 0.280. The van der Waals surface area contributed by atoms with E-state index in [1.807, 2.05) is 30.3 Å². The van der Waals surface area contributed by atoms with Crippen LogP contribution in [0.4, 0.5) is 0 Å². The molecular formula is C17H26N2O. The van der Waals surface area contributed by atoms with Crippen molar-refractivity contribution in [2.24, 2.45) is 5.73 Å². The molecule has 1 aromatic carbocycles. The normalized spacial score (nSPS) is 20.7. The van der Waals surface area contributed by atoms with Crippen LogP contribution in [-0.2, 0) is 4.79 Å². The third-order valence-electron chi connectivity index (χ3n) is 4.32. The molecule has 1 amide bonds. The third kappa shape index (κ3) is 3.83. The lowest BCUT2D eigenvalue weighted by molar-refractivity contribution is -0.135. The molecule has 1 aromatic rings. The van der Waals surface area contributed by atoms with Gasteiger partial charge in [-0.1, -0.05) is 37.3 Å². The maximum absolute atomic E-state index is 12.4. The fourth-order valence-electron chi connectivity index (χ4n) is 3.04. The van der Waals surface area contributed by atoms with Gasteiger partial charge in [0.2, 0.25) is 5.91 Å². The number of hydrogen-bond acceptors (Lipinski definition) is 2. The Morgan fingerprint density at radius 3 is 2.80 bits per heavy atom. The Kier molecular flexibility index (Phi) is 5.60. The highest BCUT2D eigenvalue weighted by Gasteiger charge is 2.25. The van der Waals surface area contributed by atoms with Crippen LogP contribution in [0, 0.1) is 0 Å². The molecule has 0 aliphatic carbocycles. The molecule has 0 spiro atoms. The van der Waals surface area contributed by atoms with Crippen LogP contribution in [0.25, 0.3) is 0 Å². The number of piperidine rings is 1. The molecule has 0 radical (unpaired) electrons. The molecule has 1 heterocycles. The molecule has 2 N–H and O–H groups in total. The van der Waals surface area contributed by atoms with Crippen molar-refractivity contribution < 1.29 is 4.79 Å². The van der Waals surface area contributed by atoms with Crippen molar-refractivity contribution in [3.05, 3.63) is 35.9 Å². The van der Waals surface area contributed by atoms with Crippen molar-refractivity contribution in [3.8, 4) is 0 Å². The molecule has 0 unspecified atom stereocenters. The average molecular weight is 274 g/mol. The van der Waals surface area contributed by atoms with Gasteiger partial charge in [-0.15, -0.1) is 0 Å². The SMILES string of the molecule is CC[C@H]1CCCCN1C(=O)CC[C@@H](N)c1ccccc1. The number of nitrogens with two attached hydrogens (primary N) is 1. The summed E-state index contributed by atoms with van der Waals surface area (Å²) in [6.07, 6.45) is 5.92. The van der Waals surface area contributed by atoms with Crippen molar-refractivity contribution in [2.45, 2.75) is 57.5 Å². The third-order valence-corrected chi connectivity index (χ3v) is 4.32. The van der Waals surface area contributed by atoms with Crippen LogP contribution in [0.2, 0.25) is 0 Å². The Hall–Kier alpha value is -1.35. The fourth-order valence-corrected chi connectivity index (χ4v) is 3.04. The van der Waals surface area contributed by atoms with E-state index in [4.69, 9.17) is 5.73 Å². The first kappa shape index (κ1) is 15.0. The minimum atomic E-state index is -0.0370. The van der Waals surface area contributed by atoms with Crippen LogP contribution in [0.15, 0.2) is 30.3 Å². The number of likely N-dealkylation sites (tertiary alicyclic amines) is 1. The Morgan fingerprint density at radius 1 is 1.35 bits per heavy atom. The van der Waals surface area contributed by atoms with Gasteiger partial charge in [-0.2, -0.15) is 0 Å². The van der Waals surface area contributed by atoms with Gasteiger partial charge < -0.3 is 10.6 Å². The van der Waals surface area contributed by atoms with Gasteiger partial charge in [-0.25, -0.2) is 0 Å². The molecule has 1 aliphatic rings. The van der Waals surface area contributed by atoms with Gasteiger partial charge >= 0.3 is 0 Å². The van der Waals surface area contributed by atoms with Crippen LogP contribution >= 0.6 is 0 Å². The molecule has 1 aliphatic heterocycles. The summed E-state index contributed by atoms with van der Waals surface area (Å²) in [5, 5.41) is 0. The molecule has 0 saturated carbocycles. The Labute approximate surface area is 122 Å². The molecule has 3 heteroatoms. The predicted octanol–water partition coefficient (Wildman–Crippen LogP) is 3.26. The maximum Gasteiger partial charge on any atom is 0.222 e. The summed E-state index contributed by atoms with van der Waals surface area (Å²) >= 11 is 0. The van der Waals surface area contributed by atoms with Gasteiger partial charge in [0.15, 0.2) is 0 Å². The zero-order valence-electron chi connectivity index (χ0n) is 12.4. The first-order valence-electron chi connectivity index (χ1n) is 7.82. The lowest BCUT2D eigenvalue weighted by Gasteiger charge is -2.35. The lowest BCUT2D eigenvalue weighted by atomic mass is 9.98. The summed E-state index contributed by atoms with van der Waals surface area (Å²) in [5.41, 5.74) is 7.29. The lowest BCUT2D eigenvalue weighted by Crippen LogP contribution is -2.43. The van der Waals surface area contributed by atoms with E-state index in [0.29, 0.717) is 12.5 Å². The van der Waals surface area contributed by atoms with Gasteiger partial charge in [0, 0.05) is 25.0 Å². The molecular weight excluding hydrogens is 248 g/mol. The van der Waals surface area contributed by atoms with Crippen molar-refractivity contribution in [1.82, 2.24) is 4.90 Å². The first-order valence-corrected chi connectivity index (χ1v) is 7.82. The number of amides is 1. The van der Waals surface area contributed by atoms with E-state index in [9.17, 15) is 4.79 Å². The quantitative estimate of drug-likeness (QED) is 0.896. The number of carbonyl (C=O) groups excluding carboxylic acids is 1. The van der Waals surface area contributed by atoms with Crippen LogP contribution in [-0.4, -0.2) is 23.4 Å². The van der Waals surface area contributed by atoms with Gasteiger partial charge in [0.05, 0.1) is 0 Å². The minimum absolute atomic E-state index is 0.0370. The standard InChI is InChI=1S/C17H26N2O/c1-2-15-10-6-7-13-19(15)17(20)12-11-16(18)14-8-4-3-5-9-14/h3-5,8-9,15-16H,2,6-7,10-13,18H2,1H3/t15-,16+/m0/s1. The molecule has 1 saturated heterocycles. The molecule has 0 aromatic heterocycles. The summed E-state index contributed by atoms with van der Waals surface area (Å²) < 4.78 is 0. The highest BCUT2D eigenvalue weighted by molar-refractivity contribution is 5.76. The van der Waals surface area contributed by atoms with Crippen molar-refractivity contribution >= 4 is 5.91 Å². The van der Waals surface area contributed by atoms with E-state index in [1.54, 1.807) is 0 Å². The van der Waals surface area contributed by atoms with Crippen molar-refractivity contribution in [1.29, 1.82) is 0 Å². The second kappa shape index (κ2) is 7.44. The van der Waals surface area contributed by atoms with E-state index in [1.165, 1.54) is 6.42 Å². The minimum Gasteiger partial charge on any atom is -0.340 e. The Bertz CT molecular complexity index is 418. The van der Waals surface area contributed by atoms with Gasteiger partial charge in [-0.05, 0) is 37.7 Å². The first-order chi connectivity index (χ1) is 9.72. The number of carbonyl (C=O) groups is 1. The van der Waals surface area contributed by atoms with Crippen LogP contribution in [0.5, 0.6) is 0 Å². The van der Waals surface area contributed by atoms with E-state index < -0.39 is 0 Å². The zero-order valence-corrected chi connectivity index (χ0v) is 12.4. The summed E-state index contributed by atoms with van der Waals surface area (Å²) in [4.78, 5) is 14.5. The van der Waals surface area contributed by atoms with Crippen LogP contribution in [0.3, 0.4) is 0 Å². The molecule has 3 nitrogen and oxygen atoms in total. The average Bonchev–Trinajstić information content (AvgIpc) is 2.53. The fraction of sp³-hybridized carbons (Fsp3) is 0.588. The molecule has 0 bridgehead atoms. The molecule has 2 rings (SSSR count). The second-order valence-corrected chi connectivity index (χ2v) is 5.70. The molecule has 20 heavy (non-hydrogen) atoms. The molecule has 2 atom stereocenters. The molecule has 1 fully saturated rings. The largest absolute Gasteiger partial charge is 0.340 e. The highest BCUT2D eigenvalue weighted by atomic mass is 16.2. The number of hydrogen-bond donors (Lipinski definition) is 1. The molecule has 110 valence electrons. The summed E-state index contributed by atoms with van der Waals surface area (Å²) in [6, 6.07) is 10.5. The van der Waals surface area contributed by atoms with Crippen molar-refractivity contribution in [3.63, 3.8) is 0 Å². The second-order valence-electron chi connectivity index (χ2n) is 5.70. The van der Waals surface area contributed by atoms with Crippen LogP contribution < -0.4 is 5.73 Å². The van der Waals surface area contributed by atoms with Crippen LogP contribution in [0.1, 0.15) is 57.1 Å². The topological polar surface area (TPSA) is 46.3 Å². The highest BCUT2D eigenvalue weighted by Crippen LogP contribution is 2.22. The smallest absolute Gasteiger partial charge is 0.222 e. The monoisotopic (exact) mass is 274 g/mol. The van der Waals surface area contributed by atoms with Gasteiger partial charge in [0.1, 0.15) is 0 Å². The van der Waals surface area contributed by atoms with E-state index >= 15 is 0 Å². The van der Waals surface area contributed by atoms with E-state index in [-0.39, 0.29) is 11.9 Å². The number of rotatable bonds is 5. The van der Waals surface area contributed by atoms with Gasteiger partial charge in [0.25, 0.3) is 0 Å². The Morgan fingerprint density at radius 2 is 2.10 bits per heavy atom. The number of benzene rings is 1. The zero-order chi connectivity index (χ0) is 14.4. The maximum atomic E-state index is 12.4. The Balaban J connectivity index is 1.85. The summed E-state index contributed by atoms with van der Waals surface area (Å²) in [7, 11) is 0.